The van der Waals surface area contributed by atoms with Crippen molar-refractivity contribution in [2.75, 3.05) is 11.9 Å². The van der Waals surface area contributed by atoms with Crippen LogP contribution in [0.4, 0.5) is 5.13 Å². The number of nitrogens with zero attached hydrogens (tertiary/aromatic N) is 2. The topological polar surface area (TPSA) is 94.3 Å². The van der Waals surface area contributed by atoms with E-state index in [1.807, 2.05) is 0 Å². The van der Waals surface area contributed by atoms with Gasteiger partial charge in [0.1, 0.15) is 0 Å². The van der Waals surface area contributed by atoms with Gasteiger partial charge in [-0.05, 0) is 6.92 Å². The molecule has 2 rings (SSSR count). The molecule has 0 aliphatic rings. The van der Waals surface area contributed by atoms with E-state index in [0.29, 0.717) is 17.4 Å². The summed E-state index contributed by atoms with van der Waals surface area (Å²) in [6.45, 7) is 2.07. The highest BCUT2D eigenvalue weighted by Gasteiger charge is 2.13. The van der Waals surface area contributed by atoms with Crippen molar-refractivity contribution in [3.63, 3.8) is 0 Å². The largest absolute Gasteiger partial charge is 0.466 e. The Labute approximate surface area is 112 Å². The van der Waals surface area contributed by atoms with Crippen molar-refractivity contribution in [2.45, 2.75) is 13.3 Å². The van der Waals surface area contributed by atoms with E-state index in [4.69, 9.17) is 9.26 Å². The first-order valence-corrected chi connectivity index (χ1v) is 6.39. The molecule has 7 nitrogen and oxygen atoms in total. The van der Waals surface area contributed by atoms with E-state index in [0.717, 1.165) is 0 Å². The molecule has 0 aliphatic carbocycles. The third-order valence-corrected chi connectivity index (χ3v) is 2.87. The number of rotatable bonds is 5. The Balaban J connectivity index is 1.94. The van der Waals surface area contributed by atoms with E-state index in [1.54, 1.807) is 12.3 Å². The smallest absolute Gasteiger partial charge is 0.311 e. The molecule has 0 aliphatic heterocycles. The van der Waals surface area contributed by atoms with E-state index < -0.39 is 5.91 Å². The van der Waals surface area contributed by atoms with Gasteiger partial charge in [-0.1, -0.05) is 5.16 Å². The molecule has 0 aromatic carbocycles. The molecule has 8 heteroatoms. The van der Waals surface area contributed by atoms with E-state index in [2.05, 4.69) is 15.5 Å². The molecule has 0 unspecified atom stereocenters. The fourth-order valence-corrected chi connectivity index (χ4v) is 2.00. The lowest BCUT2D eigenvalue weighted by Crippen LogP contribution is -2.11. The maximum atomic E-state index is 11.6. The van der Waals surface area contributed by atoms with Crippen molar-refractivity contribution in [3.05, 3.63) is 29.1 Å². The Morgan fingerprint density at radius 2 is 2.37 bits per heavy atom. The van der Waals surface area contributed by atoms with Gasteiger partial charge in [-0.15, -0.1) is 11.3 Å². The van der Waals surface area contributed by atoms with Crippen LogP contribution >= 0.6 is 11.3 Å². The van der Waals surface area contributed by atoms with Crippen LogP contribution in [0.15, 0.2) is 22.2 Å². The van der Waals surface area contributed by atoms with Crippen LogP contribution in [0.2, 0.25) is 0 Å². The monoisotopic (exact) mass is 281 g/mol. The van der Waals surface area contributed by atoms with Crippen molar-refractivity contribution in [3.8, 4) is 0 Å². The SMILES string of the molecule is CCOC(=O)Cc1csc(NC(=O)c2ccno2)n1. The van der Waals surface area contributed by atoms with Crippen LogP contribution in [-0.2, 0) is 16.0 Å². The first-order chi connectivity index (χ1) is 9.19. The number of amides is 1. The van der Waals surface area contributed by atoms with Crippen LogP contribution in [0.3, 0.4) is 0 Å². The zero-order valence-corrected chi connectivity index (χ0v) is 10.9. The number of esters is 1. The minimum Gasteiger partial charge on any atom is -0.466 e. The first kappa shape index (κ1) is 13.2. The Morgan fingerprint density at radius 3 is 3.05 bits per heavy atom. The highest BCUT2D eigenvalue weighted by atomic mass is 32.1. The third-order valence-electron chi connectivity index (χ3n) is 2.06. The van der Waals surface area contributed by atoms with Crippen LogP contribution in [0.1, 0.15) is 23.2 Å². The first-order valence-electron chi connectivity index (χ1n) is 5.51. The second-order valence-electron chi connectivity index (χ2n) is 3.46. The van der Waals surface area contributed by atoms with Gasteiger partial charge in [0.25, 0.3) is 5.91 Å². The molecule has 0 saturated heterocycles. The van der Waals surface area contributed by atoms with Gasteiger partial charge in [-0.2, -0.15) is 0 Å². The third kappa shape index (κ3) is 3.62. The van der Waals surface area contributed by atoms with Crippen molar-refractivity contribution in [1.82, 2.24) is 10.1 Å². The van der Waals surface area contributed by atoms with Crippen molar-refractivity contribution in [1.29, 1.82) is 0 Å². The lowest BCUT2D eigenvalue weighted by Gasteiger charge is -1.98. The molecule has 0 radical (unpaired) electrons. The highest BCUT2D eigenvalue weighted by molar-refractivity contribution is 7.14. The normalized spacial score (nSPS) is 10.2. The number of hydrogen-bond acceptors (Lipinski definition) is 7. The van der Waals surface area contributed by atoms with Crippen LogP contribution < -0.4 is 5.32 Å². The summed E-state index contributed by atoms with van der Waals surface area (Å²) in [5.41, 5.74) is 0.552. The van der Waals surface area contributed by atoms with Crippen molar-refractivity contribution < 1.29 is 18.8 Å². The molecule has 2 aromatic heterocycles. The highest BCUT2D eigenvalue weighted by Crippen LogP contribution is 2.17. The van der Waals surface area contributed by atoms with E-state index in [-0.39, 0.29) is 18.2 Å². The number of ether oxygens (including phenoxy) is 1. The molecule has 0 fully saturated rings. The van der Waals surface area contributed by atoms with E-state index in [9.17, 15) is 9.59 Å². The number of anilines is 1. The predicted octanol–water partition coefficient (Wildman–Crippen LogP) is 1.49. The molecule has 0 atom stereocenters. The summed E-state index contributed by atoms with van der Waals surface area (Å²) in [7, 11) is 0. The van der Waals surface area contributed by atoms with Gasteiger partial charge in [-0.25, -0.2) is 4.98 Å². The average molecular weight is 281 g/mol. The van der Waals surface area contributed by atoms with Crippen molar-refractivity contribution >= 4 is 28.3 Å². The molecule has 100 valence electrons. The number of thiazole rings is 1. The maximum absolute atomic E-state index is 11.6. The Morgan fingerprint density at radius 1 is 1.53 bits per heavy atom. The molecule has 2 aromatic rings. The average Bonchev–Trinajstić information content (AvgIpc) is 3.00. The van der Waals surface area contributed by atoms with Crippen LogP contribution in [0.5, 0.6) is 0 Å². The number of carbonyl (C=O) groups is 2. The van der Waals surface area contributed by atoms with Gasteiger partial charge >= 0.3 is 5.97 Å². The second-order valence-corrected chi connectivity index (χ2v) is 4.31. The molecular formula is C11H11N3O4S. The molecule has 0 bridgehead atoms. The van der Waals surface area contributed by atoms with E-state index in [1.165, 1.54) is 23.6 Å². The zero-order valence-electron chi connectivity index (χ0n) is 10.1. The van der Waals surface area contributed by atoms with Gasteiger partial charge in [0.2, 0.25) is 5.76 Å². The van der Waals surface area contributed by atoms with Crippen LogP contribution in [0.25, 0.3) is 0 Å². The Kier molecular flexibility index (Phi) is 4.24. The molecule has 19 heavy (non-hydrogen) atoms. The van der Waals surface area contributed by atoms with E-state index >= 15 is 0 Å². The minimum atomic E-state index is -0.436. The summed E-state index contributed by atoms with van der Waals surface area (Å²) in [5, 5.41) is 8.07. The summed E-state index contributed by atoms with van der Waals surface area (Å²) in [5.74, 6) is -0.683. The van der Waals surface area contributed by atoms with Gasteiger partial charge in [0.15, 0.2) is 5.13 Å². The quantitative estimate of drug-likeness (QED) is 0.834. The number of carbonyl (C=O) groups excluding carboxylic acids is 2. The summed E-state index contributed by atoms with van der Waals surface area (Å²) in [6.07, 6.45) is 1.46. The molecule has 2 heterocycles. The van der Waals surface area contributed by atoms with Gasteiger partial charge in [-0.3, -0.25) is 14.9 Å². The lowest BCUT2D eigenvalue weighted by molar-refractivity contribution is -0.142. The summed E-state index contributed by atoms with van der Waals surface area (Å²) in [4.78, 5) is 27.0. The zero-order chi connectivity index (χ0) is 13.7. The van der Waals surface area contributed by atoms with Crippen LogP contribution in [-0.4, -0.2) is 28.6 Å². The lowest BCUT2D eigenvalue weighted by atomic mass is 10.3. The summed E-state index contributed by atoms with van der Waals surface area (Å²) < 4.78 is 9.52. The molecule has 1 amide bonds. The Bertz CT molecular complexity index is 564. The standard InChI is InChI=1S/C11H11N3O4S/c1-2-17-9(15)5-7-6-19-11(13-7)14-10(16)8-3-4-12-18-8/h3-4,6H,2,5H2,1H3,(H,13,14,16). The summed E-state index contributed by atoms with van der Waals surface area (Å²) >= 11 is 1.22. The van der Waals surface area contributed by atoms with Crippen molar-refractivity contribution in [2.24, 2.45) is 0 Å². The van der Waals surface area contributed by atoms with Crippen LogP contribution in [0, 0.1) is 0 Å². The Hall–Kier alpha value is -2.22. The minimum absolute atomic E-state index is 0.0858. The fraction of sp³-hybridized carbons (Fsp3) is 0.273. The van der Waals surface area contributed by atoms with Gasteiger partial charge in [0.05, 0.1) is 24.9 Å². The summed E-state index contributed by atoms with van der Waals surface area (Å²) in [6, 6.07) is 1.45. The molecule has 1 N–H and O–H groups in total. The number of nitrogens with one attached hydrogen (secondary N) is 1. The number of aromatic nitrogens is 2. The maximum Gasteiger partial charge on any atom is 0.311 e. The molecule has 0 saturated carbocycles. The van der Waals surface area contributed by atoms with Gasteiger partial charge in [0, 0.05) is 11.4 Å². The molecular weight excluding hydrogens is 270 g/mol. The fourth-order valence-electron chi connectivity index (χ4n) is 1.30. The molecule has 0 spiro atoms. The predicted molar refractivity (Wildman–Crippen MR) is 66.9 cm³/mol. The second kappa shape index (κ2) is 6.10. The number of hydrogen-bond donors (Lipinski definition) is 1. The van der Waals surface area contributed by atoms with Gasteiger partial charge < -0.3 is 9.26 Å².